The van der Waals surface area contributed by atoms with Crippen LogP contribution in [-0.4, -0.2) is 68.1 Å². The number of amides is 1. The third kappa shape index (κ3) is 7.31. The molecule has 29 heavy (non-hydrogen) atoms. The fourth-order valence-electron chi connectivity index (χ4n) is 3.29. The number of ether oxygens (including phenoxy) is 1. The number of rotatable bonds is 9. The van der Waals surface area contributed by atoms with Crippen LogP contribution in [0.3, 0.4) is 0 Å². The van der Waals surface area contributed by atoms with Crippen LogP contribution in [-0.2, 0) is 11.2 Å². The Morgan fingerprint density at radius 3 is 2.45 bits per heavy atom. The van der Waals surface area contributed by atoms with Crippen LogP contribution in [0.5, 0.6) is 5.75 Å². The minimum absolute atomic E-state index is 0.0131. The molecule has 1 aliphatic rings. The van der Waals surface area contributed by atoms with Crippen molar-refractivity contribution in [1.82, 2.24) is 15.1 Å². The second-order valence-corrected chi connectivity index (χ2v) is 7.55. The molecule has 0 atom stereocenters. The molecule has 7 heteroatoms. The third-order valence-corrected chi connectivity index (χ3v) is 5.25. The van der Waals surface area contributed by atoms with Gasteiger partial charge in [-0.25, -0.2) is 4.39 Å². The molecular formula is C22H27ClFN3O2. The van der Waals surface area contributed by atoms with Gasteiger partial charge in [-0.05, 0) is 42.3 Å². The van der Waals surface area contributed by atoms with Gasteiger partial charge in [0.05, 0.1) is 6.54 Å². The van der Waals surface area contributed by atoms with Crippen LogP contribution >= 0.6 is 11.6 Å². The molecule has 2 aromatic rings. The summed E-state index contributed by atoms with van der Waals surface area (Å²) in [7, 11) is 0. The molecular weight excluding hydrogens is 393 g/mol. The van der Waals surface area contributed by atoms with Gasteiger partial charge in [0, 0.05) is 44.3 Å². The number of carbonyl (C=O) groups excluding carboxylic acids is 1. The largest absolute Gasteiger partial charge is 0.492 e. The molecule has 0 saturated carbocycles. The van der Waals surface area contributed by atoms with E-state index in [1.54, 1.807) is 18.2 Å². The molecule has 1 aliphatic heterocycles. The summed E-state index contributed by atoms with van der Waals surface area (Å²) >= 11 is 5.87. The zero-order chi connectivity index (χ0) is 20.5. The first-order valence-corrected chi connectivity index (χ1v) is 10.3. The quantitative estimate of drug-likeness (QED) is 0.679. The molecule has 1 heterocycles. The van der Waals surface area contributed by atoms with E-state index in [1.807, 2.05) is 24.3 Å². The number of benzene rings is 2. The van der Waals surface area contributed by atoms with E-state index in [9.17, 15) is 9.18 Å². The second-order valence-electron chi connectivity index (χ2n) is 7.11. The van der Waals surface area contributed by atoms with Gasteiger partial charge in [-0.1, -0.05) is 29.8 Å². The lowest BCUT2D eigenvalue weighted by Crippen LogP contribution is -2.50. The number of carbonyl (C=O) groups is 1. The monoisotopic (exact) mass is 419 g/mol. The van der Waals surface area contributed by atoms with Crippen molar-refractivity contribution in [2.45, 2.75) is 6.42 Å². The average Bonchev–Trinajstić information content (AvgIpc) is 2.72. The first-order chi connectivity index (χ1) is 14.1. The normalized spacial score (nSPS) is 15.2. The fraction of sp³-hybridized carbons (Fsp3) is 0.409. The van der Waals surface area contributed by atoms with Gasteiger partial charge in [0.15, 0.2) is 0 Å². The predicted molar refractivity (Wildman–Crippen MR) is 113 cm³/mol. The fourth-order valence-corrected chi connectivity index (χ4v) is 3.42. The summed E-state index contributed by atoms with van der Waals surface area (Å²) in [4.78, 5) is 16.6. The molecule has 1 amide bonds. The molecule has 156 valence electrons. The molecule has 0 spiro atoms. The van der Waals surface area contributed by atoms with Gasteiger partial charge in [-0.3, -0.25) is 14.6 Å². The zero-order valence-electron chi connectivity index (χ0n) is 16.4. The second kappa shape index (κ2) is 11.1. The lowest BCUT2D eigenvalue weighted by Gasteiger charge is -2.34. The van der Waals surface area contributed by atoms with E-state index < -0.39 is 0 Å². The number of nitrogens with one attached hydrogen (secondary N) is 1. The highest BCUT2D eigenvalue weighted by atomic mass is 35.5. The topological polar surface area (TPSA) is 44.8 Å². The number of hydrogen-bond acceptors (Lipinski definition) is 4. The lowest BCUT2D eigenvalue weighted by atomic mass is 10.1. The Bertz CT molecular complexity index is 780. The van der Waals surface area contributed by atoms with E-state index in [-0.39, 0.29) is 11.7 Å². The van der Waals surface area contributed by atoms with Crippen LogP contribution in [0, 0.1) is 5.82 Å². The summed E-state index contributed by atoms with van der Waals surface area (Å²) in [6, 6.07) is 14.0. The highest BCUT2D eigenvalue weighted by Gasteiger charge is 2.18. The Morgan fingerprint density at radius 2 is 1.72 bits per heavy atom. The van der Waals surface area contributed by atoms with Crippen LogP contribution in [0.2, 0.25) is 5.02 Å². The maximum atomic E-state index is 13.6. The summed E-state index contributed by atoms with van der Waals surface area (Å²) in [6.45, 7) is 5.82. The smallest absolute Gasteiger partial charge is 0.234 e. The summed E-state index contributed by atoms with van der Waals surface area (Å²) < 4.78 is 19.3. The van der Waals surface area contributed by atoms with Crippen LogP contribution in [0.25, 0.3) is 0 Å². The van der Waals surface area contributed by atoms with Gasteiger partial charge in [0.1, 0.15) is 18.2 Å². The Kier molecular flexibility index (Phi) is 8.28. The van der Waals surface area contributed by atoms with Gasteiger partial charge in [-0.15, -0.1) is 0 Å². The van der Waals surface area contributed by atoms with Crippen molar-refractivity contribution in [3.05, 3.63) is 64.9 Å². The summed E-state index contributed by atoms with van der Waals surface area (Å²) in [6.07, 6.45) is 0.500. The number of nitrogens with zero attached hydrogens (tertiary/aromatic N) is 2. The first-order valence-electron chi connectivity index (χ1n) is 9.93. The van der Waals surface area contributed by atoms with E-state index in [2.05, 4.69) is 15.1 Å². The average molecular weight is 420 g/mol. The highest BCUT2D eigenvalue weighted by molar-refractivity contribution is 6.30. The summed E-state index contributed by atoms with van der Waals surface area (Å²) in [5.74, 6) is 0.582. The van der Waals surface area contributed by atoms with Crippen molar-refractivity contribution >= 4 is 17.5 Å². The molecule has 1 N–H and O–H groups in total. The van der Waals surface area contributed by atoms with Crippen molar-refractivity contribution in [2.75, 3.05) is 52.4 Å². The Hall–Kier alpha value is -2.15. The van der Waals surface area contributed by atoms with E-state index in [4.69, 9.17) is 16.3 Å². The Balaban J connectivity index is 1.27. The molecule has 0 radical (unpaired) electrons. The lowest BCUT2D eigenvalue weighted by molar-refractivity contribution is -0.122. The van der Waals surface area contributed by atoms with Crippen LogP contribution in [0.15, 0.2) is 48.5 Å². The highest BCUT2D eigenvalue weighted by Crippen LogP contribution is 2.15. The maximum Gasteiger partial charge on any atom is 0.234 e. The minimum atomic E-state index is -0.224. The van der Waals surface area contributed by atoms with Crippen molar-refractivity contribution in [3.63, 3.8) is 0 Å². The van der Waals surface area contributed by atoms with Crippen LogP contribution in [0.4, 0.5) is 4.39 Å². The molecule has 0 bridgehead atoms. The number of halogens is 2. The number of hydrogen-bond donors (Lipinski definition) is 1. The summed E-state index contributed by atoms with van der Waals surface area (Å²) in [5.41, 5.74) is 0.627. The van der Waals surface area contributed by atoms with Gasteiger partial charge >= 0.3 is 0 Å². The van der Waals surface area contributed by atoms with Crippen molar-refractivity contribution in [3.8, 4) is 5.75 Å². The van der Waals surface area contributed by atoms with Gasteiger partial charge in [0.2, 0.25) is 5.91 Å². The van der Waals surface area contributed by atoms with Crippen molar-refractivity contribution < 1.29 is 13.9 Å². The minimum Gasteiger partial charge on any atom is -0.492 e. The third-order valence-electron chi connectivity index (χ3n) is 5.00. The molecule has 3 rings (SSSR count). The van der Waals surface area contributed by atoms with E-state index in [0.29, 0.717) is 36.7 Å². The van der Waals surface area contributed by atoms with E-state index in [0.717, 1.165) is 38.5 Å². The van der Waals surface area contributed by atoms with Gasteiger partial charge < -0.3 is 10.1 Å². The SMILES string of the molecule is O=C(CN1CCN(CCOc2ccc(Cl)cc2)CC1)NCCc1ccccc1F. The molecule has 0 unspecified atom stereocenters. The van der Waals surface area contributed by atoms with E-state index >= 15 is 0 Å². The van der Waals surface area contributed by atoms with Crippen LogP contribution < -0.4 is 10.1 Å². The Morgan fingerprint density at radius 1 is 1.03 bits per heavy atom. The predicted octanol–water partition coefficient (Wildman–Crippen LogP) is 2.83. The molecule has 1 fully saturated rings. The first kappa shape index (κ1) is 21.6. The molecule has 0 aliphatic carbocycles. The van der Waals surface area contributed by atoms with E-state index in [1.165, 1.54) is 6.07 Å². The standard InChI is InChI=1S/C22H27ClFN3O2/c23-19-5-7-20(8-6-19)29-16-15-26-11-13-27(14-12-26)17-22(28)25-10-9-18-3-1-2-4-21(18)24/h1-8H,9-17H2,(H,25,28). The Labute approximate surface area is 176 Å². The van der Waals surface area contributed by atoms with Crippen LogP contribution in [0.1, 0.15) is 5.56 Å². The molecule has 0 aromatic heterocycles. The molecule has 2 aromatic carbocycles. The molecule has 5 nitrogen and oxygen atoms in total. The van der Waals surface area contributed by atoms with Gasteiger partial charge in [0.25, 0.3) is 0 Å². The zero-order valence-corrected chi connectivity index (χ0v) is 17.2. The van der Waals surface area contributed by atoms with Gasteiger partial charge in [-0.2, -0.15) is 0 Å². The van der Waals surface area contributed by atoms with Crippen molar-refractivity contribution in [1.29, 1.82) is 0 Å². The molecule has 1 saturated heterocycles. The maximum absolute atomic E-state index is 13.6. The number of piperazine rings is 1. The summed E-state index contributed by atoms with van der Waals surface area (Å²) in [5, 5.41) is 3.58. The van der Waals surface area contributed by atoms with Crippen molar-refractivity contribution in [2.24, 2.45) is 0 Å².